The number of carboxylic acid groups (broad SMARTS) is 1. The van der Waals surface area contributed by atoms with Gasteiger partial charge < -0.3 is 5.11 Å². The van der Waals surface area contributed by atoms with E-state index < -0.39 is 5.97 Å². The minimum Gasteiger partial charge on any atom is -0.477 e. The van der Waals surface area contributed by atoms with Crippen LogP contribution in [-0.2, 0) is 13.1 Å². The quantitative estimate of drug-likeness (QED) is 0.917. The van der Waals surface area contributed by atoms with Crippen molar-refractivity contribution in [3.63, 3.8) is 0 Å². The van der Waals surface area contributed by atoms with E-state index in [-0.39, 0.29) is 5.82 Å². The highest BCUT2D eigenvalue weighted by molar-refractivity contribution is 7.14. The monoisotopic (exact) mass is 293 g/mol. The fraction of sp³-hybridized carbons (Fsp3) is 0.267. The van der Waals surface area contributed by atoms with Gasteiger partial charge in [-0.15, -0.1) is 11.3 Å². The van der Waals surface area contributed by atoms with Crippen molar-refractivity contribution in [1.29, 1.82) is 0 Å². The van der Waals surface area contributed by atoms with Crippen LogP contribution in [-0.4, -0.2) is 23.0 Å². The van der Waals surface area contributed by atoms with E-state index in [1.165, 1.54) is 23.5 Å². The van der Waals surface area contributed by atoms with Crippen LogP contribution in [0.3, 0.4) is 0 Å². The SMILES string of the molecule is Cc1sc(C(=O)O)cc1CN(C)Cc1cccc(F)c1. The highest BCUT2D eigenvalue weighted by Crippen LogP contribution is 2.23. The molecule has 1 aromatic carbocycles. The normalized spacial score (nSPS) is 11.0. The van der Waals surface area contributed by atoms with Crippen LogP contribution in [0.4, 0.5) is 4.39 Å². The van der Waals surface area contributed by atoms with Crippen LogP contribution >= 0.6 is 11.3 Å². The molecule has 2 rings (SSSR count). The van der Waals surface area contributed by atoms with Gasteiger partial charge in [0.05, 0.1) is 0 Å². The Balaban J connectivity index is 2.04. The summed E-state index contributed by atoms with van der Waals surface area (Å²) in [6.45, 7) is 3.18. The molecule has 3 nitrogen and oxygen atoms in total. The number of halogens is 1. The first-order chi connectivity index (χ1) is 9.45. The van der Waals surface area contributed by atoms with Gasteiger partial charge in [0.1, 0.15) is 10.7 Å². The predicted molar refractivity (Wildman–Crippen MR) is 77.6 cm³/mol. The van der Waals surface area contributed by atoms with Crippen molar-refractivity contribution in [1.82, 2.24) is 4.90 Å². The minimum atomic E-state index is -0.892. The maximum absolute atomic E-state index is 13.1. The number of benzene rings is 1. The van der Waals surface area contributed by atoms with Crippen LogP contribution in [0.25, 0.3) is 0 Å². The fourth-order valence-corrected chi connectivity index (χ4v) is 2.95. The number of thiophene rings is 1. The molecule has 0 radical (unpaired) electrons. The van der Waals surface area contributed by atoms with Crippen LogP contribution in [0.1, 0.15) is 25.7 Å². The van der Waals surface area contributed by atoms with Crippen LogP contribution in [0.2, 0.25) is 0 Å². The summed E-state index contributed by atoms with van der Waals surface area (Å²) in [7, 11) is 1.93. The molecular weight excluding hydrogens is 277 g/mol. The van der Waals surface area contributed by atoms with E-state index in [4.69, 9.17) is 5.11 Å². The van der Waals surface area contributed by atoms with Gasteiger partial charge in [0, 0.05) is 18.0 Å². The van der Waals surface area contributed by atoms with Crippen molar-refractivity contribution in [3.8, 4) is 0 Å². The van der Waals surface area contributed by atoms with Crippen LogP contribution in [0.15, 0.2) is 30.3 Å². The molecule has 106 valence electrons. The molecule has 0 atom stereocenters. The number of aromatic carboxylic acids is 1. The second kappa shape index (κ2) is 6.15. The van der Waals surface area contributed by atoms with E-state index in [1.807, 2.05) is 24.9 Å². The largest absolute Gasteiger partial charge is 0.477 e. The number of carboxylic acids is 1. The molecule has 1 N–H and O–H groups in total. The van der Waals surface area contributed by atoms with E-state index in [0.717, 1.165) is 16.0 Å². The fourth-order valence-electron chi connectivity index (χ4n) is 2.08. The Bertz CT molecular complexity index is 624. The molecule has 0 aliphatic heterocycles. The molecule has 1 heterocycles. The lowest BCUT2D eigenvalue weighted by molar-refractivity contribution is 0.0702. The van der Waals surface area contributed by atoms with Gasteiger partial charge in [-0.2, -0.15) is 0 Å². The van der Waals surface area contributed by atoms with Crippen molar-refractivity contribution in [2.45, 2.75) is 20.0 Å². The second-order valence-electron chi connectivity index (χ2n) is 4.80. The zero-order chi connectivity index (χ0) is 14.7. The number of carbonyl (C=O) groups is 1. The lowest BCUT2D eigenvalue weighted by Crippen LogP contribution is -2.17. The van der Waals surface area contributed by atoms with E-state index in [0.29, 0.717) is 18.0 Å². The summed E-state index contributed by atoms with van der Waals surface area (Å²) in [5, 5.41) is 8.98. The summed E-state index contributed by atoms with van der Waals surface area (Å²) >= 11 is 1.29. The van der Waals surface area contributed by atoms with Gasteiger partial charge in [-0.3, -0.25) is 4.90 Å². The summed E-state index contributed by atoms with van der Waals surface area (Å²) in [6, 6.07) is 8.22. The lowest BCUT2D eigenvalue weighted by atomic mass is 10.2. The molecule has 0 spiro atoms. The number of hydrogen-bond donors (Lipinski definition) is 1. The van der Waals surface area contributed by atoms with E-state index in [1.54, 1.807) is 12.1 Å². The Labute approximate surface area is 121 Å². The molecular formula is C15H16FNO2S. The van der Waals surface area contributed by atoms with Gasteiger partial charge in [0.2, 0.25) is 0 Å². The molecule has 0 unspecified atom stereocenters. The van der Waals surface area contributed by atoms with E-state index >= 15 is 0 Å². The molecule has 0 saturated heterocycles. The van der Waals surface area contributed by atoms with Gasteiger partial charge in [-0.05, 0) is 43.3 Å². The third-order valence-corrected chi connectivity index (χ3v) is 4.09. The van der Waals surface area contributed by atoms with Crippen LogP contribution in [0.5, 0.6) is 0 Å². The Hall–Kier alpha value is -1.72. The molecule has 1 aromatic heterocycles. The van der Waals surface area contributed by atoms with Gasteiger partial charge >= 0.3 is 5.97 Å². The summed E-state index contributed by atoms with van der Waals surface area (Å²) in [6.07, 6.45) is 0. The zero-order valence-electron chi connectivity index (χ0n) is 11.4. The Kier molecular flexibility index (Phi) is 4.52. The molecule has 0 aliphatic rings. The summed E-state index contributed by atoms with van der Waals surface area (Å²) in [4.78, 5) is 14.3. The first kappa shape index (κ1) is 14.7. The standard InChI is InChI=1S/C15H16FNO2S/c1-10-12(7-14(20-10)15(18)19)9-17(2)8-11-4-3-5-13(16)6-11/h3-7H,8-9H2,1-2H3,(H,18,19). The third kappa shape index (κ3) is 3.65. The maximum atomic E-state index is 13.1. The molecule has 5 heteroatoms. The van der Waals surface area contributed by atoms with Crippen LogP contribution < -0.4 is 0 Å². The van der Waals surface area contributed by atoms with Crippen LogP contribution in [0, 0.1) is 12.7 Å². The van der Waals surface area contributed by atoms with Crippen molar-refractivity contribution in [2.24, 2.45) is 0 Å². The number of aryl methyl sites for hydroxylation is 1. The van der Waals surface area contributed by atoms with Gasteiger partial charge in [-0.25, -0.2) is 9.18 Å². The first-order valence-electron chi connectivity index (χ1n) is 6.21. The smallest absolute Gasteiger partial charge is 0.345 e. The zero-order valence-corrected chi connectivity index (χ0v) is 12.2. The van der Waals surface area contributed by atoms with Crippen molar-refractivity contribution >= 4 is 17.3 Å². The van der Waals surface area contributed by atoms with E-state index in [2.05, 4.69) is 0 Å². The molecule has 20 heavy (non-hydrogen) atoms. The average Bonchev–Trinajstić information content (AvgIpc) is 2.71. The van der Waals surface area contributed by atoms with E-state index in [9.17, 15) is 9.18 Å². The molecule has 2 aromatic rings. The highest BCUT2D eigenvalue weighted by atomic mass is 32.1. The highest BCUT2D eigenvalue weighted by Gasteiger charge is 2.12. The van der Waals surface area contributed by atoms with Crippen molar-refractivity contribution in [3.05, 3.63) is 57.0 Å². The second-order valence-corrected chi connectivity index (χ2v) is 6.06. The van der Waals surface area contributed by atoms with Crippen molar-refractivity contribution in [2.75, 3.05) is 7.05 Å². The minimum absolute atomic E-state index is 0.240. The predicted octanol–water partition coefficient (Wildman–Crippen LogP) is 3.53. The van der Waals surface area contributed by atoms with Gasteiger partial charge in [-0.1, -0.05) is 12.1 Å². The first-order valence-corrected chi connectivity index (χ1v) is 7.03. The van der Waals surface area contributed by atoms with Crippen molar-refractivity contribution < 1.29 is 14.3 Å². The maximum Gasteiger partial charge on any atom is 0.345 e. The summed E-state index contributed by atoms with van der Waals surface area (Å²) < 4.78 is 13.1. The number of hydrogen-bond acceptors (Lipinski definition) is 3. The summed E-state index contributed by atoms with van der Waals surface area (Å²) in [5.41, 5.74) is 1.91. The molecule has 0 fully saturated rings. The molecule has 0 amide bonds. The Morgan fingerprint density at radius 3 is 2.70 bits per heavy atom. The molecule has 0 aliphatic carbocycles. The van der Waals surface area contributed by atoms with Gasteiger partial charge in [0.15, 0.2) is 0 Å². The number of nitrogens with zero attached hydrogens (tertiary/aromatic N) is 1. The number of rotatable bonds is 5. The average molecular weight is 293 g/mol. The van der Waals surface area contributed by atoms with Gasteiger partial charge in [0.25, 0.3) is 0 Å². The third-order valence-electron chi connectivity index (χ3n) is 3.01. The Morgan fingerprint density at radius 1 is 1.35 bits per heavy atom. The summed E-state index contributed by atoms with van der Waals surface area (Å²) in [5.74, 6) is -1.13. The lowest BCUT2D eigenvalue weighted by Gasteiger charge is -2.16. The molecule has 0 saturated carbocycles. The molecule has 0 bridgehead atoms. The topological polar surface area (TPSA) is 40.5 Å². The Morgan fingerprint density at radius 2 is 2.10 bits per heavy atom.